The van der Waals surface area contributed by atoms with Crippen LogP contribution in [0.5, 0.6) is 0 Å². The van der Waals surface area contributed by atoms with Crippen LogP contribution in [0.25, 0.3) is 16.9 Å². The summed E-state index contributed by atoms with van der Waals surface area (Å²) in [7, 11) is 0. The Morgan fingerprint density at radius 2 is 1.94 bits per heavy atom. The predicted molar refractivity (Wildman–Crippen MR) is 128 cm³/mol. The van der Waals surface area contributed by atoms with Gasteiger partial charge in [0.15, 0.2) is 11.3 Å². The maximum Gasteiger partial charge on any atom is 0.278 e. The van der Waals surface area contributed by atoms with Crippen LogP contribution in [0.3, 0.4) is 0 Å². The van der Waals surface area contributed by atoms with E-state index in [-0.39, 0.29) is 11.6 Å². The average Bonchev–Trinajstić information content (AvgIpc) is 3.54. The molecule has 4 aromatic heterocycles. The molecule has 0 bridgehead atoms. The molecule has 4 heterocycles. The molecule has 0 unspecified atom stereocenters. The highest BCUT2D eigenvalue weighted by atomic mass is 35.5. The third kappa shape index (κ3) is 4.13. The standard InChI is InChI=1S/C22H19Cl2N9O/c1-3-32-13(2)15(10-27-32)19-6-7-25-20-9-18(29-33(19)20)21(34)28-22-26-12-31(30-22)11-14-4-5-16(23)17(24)8-14/h4-10,12H,3,11H2,1-2H3,(H,28,30,34). The molecular weight excluding hydrogens is 477 g/mol. The normalized spacial score (nSPS) is 11.3. The molecule has 0 atom stereocenters. The highest BCUT2D eigenvalue weighted by molar-refractivity contribution is 6.42. The minimum Gasteiger partial charge on any atom is -0.288 e. The largest absolute Gasteiger partial charge is 0.288 e. The lowest BCUT2D eigenvalue weighted by molar-refractivity contribution is 0.102. The Labute approximate surface area is 204 Å². The third-order valence-electron chi connectivity index (χ3n) is 5.36. The lowest BCUT2D eigenvalue weighted by Crippen LogP contribution is -2.14. The number of aryl methyl sites for hydroxylation is 1. The van der Waals surface area contributed by atoms with E-state index in [1.165, 1.54) is 6.33 Å². The zero-order valence-corrected chi connectivity index (χ0v) is 19.8. The van der Waals surface area contributed by atoms with Gasteiger partial charge >= 0.3 is 0 Å². The molecule has 1 amide bonds. The molecule has 0 aliphatic carbocycles. The van der Waals surface area contributed by atoms with Crippen molar-refractivity contribution in [1.82, 2.24) is 39.1 Å². The van der Waals surface area contributed by atoms with E-state index >= 15 is 0 Å². The molecular formula is C22H19Cl2N9O. The smallest absolute Gasteiger partial charge is 0.278 e. The maximum atomic E-state index is 12.8. The Bertz CT molecular complexity index is 1520. The molecule has 0 aliphatic heterocycles. The van der Waals surface area contributed by atoms with Crippen molar-refractivity contribution in [2.24, 2.45) is 0 Å². The number of benzene rings is 1. The number of halogens is 2. The fourth-order valence-corrected chi connectivity index (χ4v) is 3.97. The summed E-state index contributed by atoms with van der Waals surface area (Å²) in [6.45, 7) is 5.21. The number of anilines is 1. The van der Waals surface area contributed by atoms with Crippen molar-refractivity contribution >= 4 is 40.7 Å². The van der Waals surface area contributed by atoms with Crippen molar-refractivity contribution in [3.63, 3.8) is 0 Å². The van der Waals surface area contributed by atoms with Crippen molar-refractivity contribution in [1.29, 1.82) is 0 Å². The molecule has 0 radical (unpaired) electrons. The molecule has 5 rings (SSSR count). The molecule has 0 spiro atoms. The summed E-state index contributed by atoms with van der Waals surface area (Å²) < 4.78 is 5.13. The van der Waals surface area contributed by atoms with Crippen molar-refractivity contribution in [2.45, 2.75) is 26.9 Å². The van der Waals surface area contributed by atoms with Gasteiger partial charge in [-0.25, -0.2) is 19.2 Å². The van der Waals surface area contributed by atoms with E-state index in [0.29, 0.717) is 22.2 Å². The highest BCUT2D eigenvalue weighted by Crippen LogP contribution is 2.24. The van der Waals surface area contributed by atoms with E-state index in [9.17, 15) is 4.79 Å². The number of carbonyl (C=O) groups is 1. The Morgan fingerprint density at radius 1 is 1.09 bits per heavy atom. The maximum absolute atomic E-state index is 12.8. The first kappa shape index (κ1) is 22.1. The summed E-state index contributed by atoms with van der Waals surface area (Å²) in [5.41, 5.74) is 4.37. The Hall–Kier alpha value is -3.76. The van der Waals surface area contributed by atoms with Crippen LogP contribution in [-0.4, -0.2) is 45.1 Å². The first-order valence-electron chi connectivity index (χ1n) is 10.4. The molecule has 0 saturated heterocycles. The number of carbonyl (C=O) groups excluding carboxylic acids is 1. The first-order valence-corrected chi connectivity index (χ1v) is 11.2. The monoisotopic (exact) mass is 495 g/mol. The zero-order chi connectivity index (χ0) is 23.8. The molecule has 34 heavy (non-hydrogen) atoms. The number of hydrogen-bond donors (Lipinski definition) is 1. The second-order valence-electron chi connectivity index (χ2n) is 7.56. The van der Waals surface area contributed by atoms with Gasteiger partial charge in [0.25, 0.3) is 5.91 Å². The molecule has 0 fully saturated rings. The molecule has 1 aromatic carbocycles. The van der Waals surface area contributed by atoms with Crippen molar-refractivity contribution < 1.29 is 4.79 Å². The second kappa shape index (κ2) is 8.88. The van der Waals surface area contributed by atoms with Gasteiger partial charge in [0.2, 0.25) is 5.95 Å². The van der Waals surface area contributed by atoms with E-state index in [1.807, 2.05) is 30.7 Å². The van der Waals surface area contributed by atoms with Gasteiger partial charge in [0, 0.05) is 30.1 Å². The number of nitrogens with zero attached hydrogens (tertiary/aromatic N) is 8. The van der Waals surface area contributed by atoms with Crippen molar-refractivity contribution in [3.05, 3.63) is 76.0 Å². The van der Waals surface area contributed by atoms with Crippen LogP contribution < -0.4 is 5.32 Å². The number of fused-ring (bicyclic) bond motifs is 1. The third-order valence-corrected chi connectivity index (χ3v) is 6.10. The van der Waals surface area contributed by atoms with Gasteiger partial charge in [0.05, 0.1) is 28.5 Å². The van der Waals surface area contributed by atoms with Crippen LogP contribution in [0.4, 0.5) is 5.95 Å². The number of nitrogens with one attached hydrogen (secondary N) is 1. The van der Waals surface area contributed by atoms with Crippen LogP contribution >= 0.6 is 23.2 Å². The molecule has 0 aliphatic rings. The minimum absolute atomic E-state index is 0.162. The molecule has 1 N–H and O–H groups in total. The molecule has 12 heteroatoms. The second-order valence-corrected chi connectivity index (χ2v) is 8.37. The van der Waals surface area contributed by atoms with Gasteiger partial charge in [0.1, 0.15) is 6.33 Å². The fraction of sp³-hybridized carbons (Fsp3) is 0.182. The first-order chi connectivity index (χ1) is 16.4. The van der Waals surface area contributed by atoms with Gasteiger partial charge in [-0.2, -0.15) is 10.2 Å². The molecule has 5 aromatic rings. The van der Waals surface area contributed by atoms with Gasteiger partial charge in [-0.05, 0) is 37.6 Å². The van der Waals surface area contributed by atoms with Crippen LogP contribution in [0.15, 0.2) is 49.1 Å². The number of amides is 1. The van der Waals surface area contributed by atoms with E-state index in [1.54, 1.807) is 39.8 Å². The Kier molecular flexibility index (Phi) is 5.76. The van der Waals surface area contributed by atoms with Gasteiger partial charge in [-0.3, -0.25) is 14.8 Å². The lowest BCUT2D eigenvalue weighted by atomic mass is 10.2. The van der Waals surface area contributed by atoms with E-state index < -0.39 is 5.91 Å². The SMILES string of the molecule is CCn1ncc(-c2ccnc3cc(C(=O)Nc4ncn(Cc5ccc(Cl)c(Cl)c5)n4)nn23)c1C. The van der Waals surface area contributed by atoms with E-state index in [4.69, 9.17) is 23.2 Å². The number of aromatic nitrogens is 8. The lowest BCUT2D eigenvalue weighted by Gasteiger charge is -2.04. The quantitative estimate of drug-likeness (QED) is 0.379. The molecule has 0 saturated carbocycles. The topological polar surface area (TPSA) is 108 Å². The van der Waals surface area contributed by atoms with E-state index in [2.05, 4.69) is 30.6 Å². The van der Waals surface area contributed by atoms with Gasteiger partial charge in [-0.1, -0.05) is 29.3 Å². The number of hydrogen-bond acceptors (Lipinski definition) is 6. The van der Waals surface area contributed by atoms with Crippen LogP contribution in [0.2, 0.25) is 10.0 Å². The van der Waals surface area contributed by atoms with Gasteiger partial charge < -0.3 is 0 Å². The summed E-state index contributed by atoms with van der Waals surface area (Å²) in [4.78, 5) is 21.3. The molecule has 172 valence electrons. The van der Waals surface area contributed by atoms with Crippen molar-refractivity contribution in [2.75, 3.05) is 5.32 Å². The van der Waals surface area contributed by atoms with Gasteiger partial charge in [-0.15, -0.1) is 5.10 Å². The van der Waals surface area contributed by atoms with Crippen LogP contribution in [-0.2, 0) is 13.1 Å². The van der Waals surface area contributed by atoms with E-state index in [0.717, 1.165) is 29.1 Å². The Morgan fingerprint density at radius 3 is 2.71 bits per heavy atom. The van der Waals surface area contributed by atoms with Crippen LogP contribution in [0.1, 0.15) is 28.7 Å². The zero-order valence-electron chi connectivity index (χ0n) is 18.3. The van der Waals surface area contributed by atoms with Crippen molar-refractivity contribution in [3.8, 4) is 11.3 Å². The predicted octanol–water partition coefficient (Wildman–Crippen LogP) is 4.12. The summed E-state index contributed by atoms with van der Waals surface area (Å²) in [6, 6.07) is 8.79. The summed E-state index contributed by atoms with van der Waals surface area (Å²) >= 11 is 12.0. The number of rotatable bonds is 6. The highest BCUT2D eigenvalue weighted by Gasteiger charge is 2.18. The molecule has 10 nitrogen and oxygen atoms in total. The van der Waals surface area contributed by atoms with Crippen LogP contribution in [0, 0.1) is 6.92 Å². The summed E-state index contributed by atoms with van der Waals surface area (Å²) in [5, 5.41) is 16.8. The summed E-state index contributed by atoms with van der Waals surface area (Å²) in [6.07, 6.45) is 5.00. The average molecular weight is 496 g/mol. The fourth-order valence-electron chi connectivity index (χ4n) is 3.65. The summed E-state index contributed by atoms with van der Waals surface area (Å²) in [5.74, 6) is -0.278. The Balaban J connectivity index is 1.36. The minimum atomic E-state index is -0.440.